The Morgan fingerprint density at radius 1 is 1.26 bits per heavy atom. The van der Waals surface area contributed by atoms with Crippen LogP contribution in [0.3, 0.4) is 0 Å². The molecule has 0 aromatic heterocycles. The Balaban J connectivity index is 2.15. The summed E-state index contributed by atoms with van der Waals surface area (Å²) >= 11 is 3.51. The second-order valence-electron chi connectivity index (χ2n) is 6.29. The summed E-state index contributed by atoms with van der Waals surface area (Å²) in [5.41, 5.74) is 2.31. The first-order valence-corrected chi connectivity index (χ1v) is 7.74. The molecule has 0 N–H and O–H groups in total. The van der Waals surface area contributed by atoms with Crippen molar-refractivity contribution in [3.05, 3.63) is 33.8 Å². The molecule has 1 aliphatic rings. The molecule has 0 radical (unpaired) electrons. The molecular weight excluding hydrogens is 302 g/mol. The predicted molar refractivity (Wildman–Crippen MR) is 82.4 cm³/mol. The van der Waals surface area contributed by atoms with E-state index in [1.165, 1.54) is 12.0 Å². The standard InChI is InChI=1S/C16H22BrNO/c1-12-5-6-13(14(17)11-12)15(19)18-9-4-7-16(2,3)8-10-18/h5-6,11H,4,7-10H2,1-3H3. The highest BCUT2D eigenvalue weighted by Gasteiger charge is 2.26. The van der Waals surface area contributed by atoms with E-state index in [4.69, 9.17) is 0 Å². The van der Waals surface area contributed by atoms with Crippen molar-refractivity contribution in [3.63, 3.8) is 0 Å². The summed E-state index contributed by atoms with van der Waals surface area (Å²) in [5.74, 6) is 0.157. The van der Waals surface area contributed by atoms with Crippen LogP contribution in [0.4, 0.5) is 0 Å². The maximum Gasteiger partial charge on any atom is 0.254 e. The molecule has 3 heteroatoms. The number of carbonyl (C=O) groups is 1. The minimum Gasteiger partial charge on any atom is -0.339 e. The number of carbonyl (C=O) groups excluding carboxylic acids is 1. The van der Waals surface area contributed by atoms with Crippen LogP contribution < -0.4 is 0 Å². The quantitative estimate of drug-likeness (QED) is 0.749. The Kier molecular flexibility index (Phi) is 4.34. The van der Waals surface area contributed by atoms with Gasteiger partial charge in [0, 0.05) is 17.6 Å². The molecule has 0 bridgehead atoms. The average molecular weight is 324 g/mol. The van der Waals surface area contributed by atoms with Gasteiger partial charge in [-0.25, -0.2) is 0 Å². The van der Waals surface area contributed by atoms with Gasteiger partial charge in [-0.1, -0.05) is 19.9 Å². The number of benzene rings is 1. The summed E-state index contributed by atoms with van der Waals surface area (Å²) in [5, 5.41) is 0. The van der Waals surface area contributed by atoms with Gasteiger partial charge in [-0.2, -0.15) is 0 Å². The molecule has 0 unspecified atom stereocenters. The smallest absolute Gasteiger partial charge is 0.254 e. The van der Waals surface area contributed by atoms with Crippen LogP contribution >= 0.6 is 15.9 Å². The second kappa shape index (κ2) is 5.66. The molecule has 104 valence electrons. The molecule has 1 fully saturated rings. The third kappa shape index (κ3) is 3.59. The Morgan fingerprint density at radius 3 is 2.68 bits per heavy atom. The van der Waals surface area contributed by atoms with Crippen LogP contribution in [0, 0.1) is 12.3 Å². The number of hydrogen-bond donors (Lipinski definition) is 0. The summed E-state index contributed by atoms with van der Waals surface area (Å²) < 4.78 is 0.904. The first-order valence-electron chi connectivity index (χ1n) is 6.94. The van der Waals surface area contributed by atoms with Crippen molar-refractivity contribution in [2.45, 2.75) is 40.0 Å². The van der Waals surface area contributed by atoms with E-state index >= 15 is 0 Å². The van der Waals surface area contributed by atoms with E-state index in [0.29, 0.717) is 5.41 Å². The van der Waals surface area contributed by atoms with E-state index in [9.17, 15) is 4.79 Å². The largest absolute Gasteiger partial charge is 0.339 e. The topological polar surface area (TPSA) is 20.3 Å². The molecule has 1 aromatic rings. The van der Waals surface area contributed by atoms with Gasteiger partial charge in [0.15, 0.2) is 0 Å². The van der Waals surface area contributed by atoms with Gasteiger partial charge >= 0.3 is 0 Å². The van der Waals surface area contributed by atoms with E-state index in [2.05, 4.69) is 29.8 Å². The molecule has 1 saturated heterocycles. The second-order valence-corrected chi connectivity index (χ2v) is 7.15. The first kappa shape index (κ1) is 14.6. The maximum absolute atomic E-state index is 12.6. The maximum atomic E-state index is 12.6. The minimum atomic E-state index is 0.157. The highest BCUT2D eigenvalue weighted by molar-refractivity contribution is 9.10. The molecule has 0 aliphatic carbocycles. The predicted octanol–water partition coefficient (Wildman–Crippen LogP) is 4.41. The number of likely N-dealkylation sites (tertiary alicyclic amines) is 1. The van der Waals surface area contributed by atoms with Gasteiger partial charge < -0.3 is 4.90 Å². The van der Waals surface area contributed by atoms with Crippen LogP contribution in [0.2, 0.25) is 0 Å². The highest BCUT2D eigenvalue weighted by atomic mass is 79.9. The first-order chi connectivity index (χ1) is 8.89. The Morgan fingerprint density at radius 2 is 2.00 bits per heavy atom. The SMILES string of the molecule is Cc1ccc(C(=O)N2CCCC(C)(C)CC2)c(Br)c1. The van der Waals surface area contributed by atoms with Crippen molar-refractivity contribution >= 4 is 21.8 Å². The van der Waals surface area contributed by atoms with E-state index in [0.717, 1.165) is 36.0 Å². The van der Waals surface area contributed by atoms with E-state index in [-0.39, 0.29) is 5.91 Å². The van der Waals surface area contributed by atoms with Gasteiger partial charge in [-0.05, 0) is 65.2 Å². The summed E-state index contributed by atoms with van der Waals surface area (Å²) in [6, 6.07) is 5.94. The molecular formula is C16H22BrNO. The Hall–Kier alpha value is -0.830. The molecule has 0 spiro atoms. The van der Waals surface area contributed by atoms with Crippen molar-refractivity contribution in [3.8, 4) is 0 Å². The van der Waals surface area contributed by atoms with Crippen molar-refractivity contribution < 1.29 is 4.79 Å². The summed E-state index contributed by atoms with van der Waals surface area (Å²) in [6.07, 6.45) is 3.39. The lowest BCUT2D eigenvalue weighted by Crippen LogP contribution is -2.32. The van der Waals surface area contributed by atoms with E-state index < -0.39 is 0 Å². The molecule has 1 aromatic carbocycles. The van der Waals surface area contributed by atoms with Crippen LogP contribution in [0.5, 0.6) is 0 Å². The number of amides is 1. The van der Waals surface area contributed by atoms with Crippen LogP contribution in [0.25, 0.3) is 0 Å². The molecule has 2 nitrogen and oxygen atoms in total. The van der Waals surface area contributed by atoms with Crippen molar-refractivity contribution in [2.24, 2.45) is 5.41 Å². The number of hydrogen-bond acceptors (Lipinski definition) is 1. The normalized spacial score (nSPS) is 19.1. The molecule has 0 atom stereocenters. The minimum absolute atomic E-state index is 0.157. The molecule has 0 saturated carbocycles. The zero-order valence-corrected chi connectivity index (χ0v) is 13.6. The lowest BCUT2D eigenvalue weighted by Gasteiger charge is -2.23. The zero-order chi connectivity index (χ0) is 14.0. The fraction of sp³-hybridized carbons (Fsp3) is 0.562. The van der Waals surface area contributed by atoms with Gasteiger partial charge in [0.1, 0.15) is 0 Å². The van der Waals surface area contributed by atoms with Crippen LogP contribution in [0.1, 0.15) is 49.0 Å². The number of halogens is 1. The number of nitrogens with zero attached hydrogens (tertiary/aromatic N) is 1. The summed E-state index contributed by atoms with van der Waals surface area (Å²) in [4.78, 5) is 14.6. The fourth-order valence-electron chi connectivity index (χ4n) is 2.59. The van der Waals surface area contributed by atoms with Crippen molar-refractivity contribution in [1.29, 1.82) is 0 Å². The van der Waals surface area contributed by atoms with Gasteiger partial charge in [0.25, 0.3) is 5.91 Å². The fourth-order valence-corrected chi connectivity index (χ4v) is 3.25. The monoisotopic (exact) mass is 323 g/mol. The zero-order valence-electron chi connectivity index (χ0n) is 12.0. The Labute approximate surface area is 124 Å². The Bertz CT molecular complexity index is 482. The molecule has 1 heterocycles. The molecule has 19 heavy (non-hydrogen) atoms. The van der Waals surface area contributed by atoms with Crippen LogP contribution in [0.15, 0.2) is 22.7 Å². The molecule has 1 aliphatic heterocycles. The third-order valence-electron chi connectivity index (χ3n) is 3.98. The van der Waals surface area contributed by atoms with E-state index in [1.807, 2.05) is 30.0 Å². The van der Waals surface area contributed by atoms with Crippen LogP contribution in [-0.4, -0.2) is 23.9 Å². The van der Waals surface area contributed by atoms with Gasteiger partial charge in [-0.3, -0.25) is 4.79 Å². The molecule has 2 rings (SSSR count). The number of aryl methyl sites for hydroxylation is 1. The van der Waals surface area contributed by atoms with Gasteiger partial charge in [0.05, 0.1) is 5.56 Å². The average Bonchev–Trinajstić information content (AvgIpc) is 2.49. The summed E-state index contributed by atoms with van der Waals surface area (Å²) in [6.45, 7) is 8.37. The van der Waals surface area contributed by atoms with Gasteiger partial charge in [-0.15, -0.1) is 0 Å². The van der Waals surface area contributed by atoms with Crippen molar-refractivity contribution in [1.82, 2.24) is 4.90 Å². The van der Waals surface area contributed by atoms with E-state index in [1.54, 1.807) is 0 Å². The lowest BCUT2D eigenvalue weighted by molar-refractivity contribution is 0.0756. The third-order valence-corrected chi connectivity index (χ3v) is 4.64. The summed E-state index contributed by atoms with van der Waals surface area (Å²) in [7, 11) is 0. The lowest BCUT2D eigenvalue weighted by atomic mass is 9.85. The molecule has 1 amide bonds. The van der Waals surface area contributed by atoms with Gasteiger partial charge in [0.2, 0.25) is 0 Å². The highest BCUT2D eigenvalue weighted by Crippen LogP contribution is 2.30. The van der Waals surface area contributed by atoms with Crippen LogP contribution in [-0.2, 0) is 0 Å². The number of rotatable bonds is 1. The van der Waals surface area contributed by atoms with Crippen molar-refractivity contribution in [2.75, 3.05) is 13.1 Å².